The van der Waals surface area contributed by atoms with E-state index >= 15 is 0 Å². The molecular weight excluding hydrogens is 601 g/mol. The van der Waals surface area contributed by atoms with E-state index < -0.39 is 5.41 Å². The number of benzene rings is 7. The Morgan fingerprint density at radius 2 is 1.04 bits per heavy atom. The Balaban J connectivity index is 1.24. The molecule has 9 aromatic rings. The molecule has 2 aliphatic rings. The lowest BCUT2D eigenvalue weighted by Crippen LogP contribution is -2.32. The van der Waals surface area contributed by atoms with Crippen molar-refractivity contribution >= 4 is 33.0 Å². The van der Waals surface area contributed by atoms with Crippen LogP contribution in [0, 0.1) is 0 Å². The summed E-state index contributed by atoms with van der Waals surface area (Å²) in [6.07, 6.45) is 0. The van der Waals surface area contributed by atoms with Crippen LogP contribution in [0.4, 0.5) is 0 Å². The summed E-state index contributed by atoms with van der Waals surface area (Å²) in [5.41, 5.74) is 13.6. The van der Waals surface area contributed by atoms with Gasteiger partial charge in [0.15, 0.2) is 0 Å². The average molecular weight is 627 g/mol. The van der Waals surface area contributed by atoms with Crippen molar-refractivity contribution in [2.75, 3.05) is 0 Å². The van der Waals surface area contributed by atoms with E-state index in [1.807, 2.05) is 54.6 Å². The fraction of sp³-hybridized carbons (Fsp3) is 0.0222. The van der Waals surface area contributed by atoms with Crippen LogP contribution in [0.2, 0.25) is 0 Å². The van der Waals surface area contributed by atoms with Crippen LogP contribution in [0.25, 0.3) is 66.6 Å². The van der Waals surface area contributed by atoms with Gasteiger partial charge < -0.3 is 9.15 Å². The molecule has 0 amide bonds. The highest BCUT2D eigenvalue weighted by atomic mass is 16.5. The van der Waals surface area contributed by atoms with Crippen molar-refractivity contribution in [3.63, 3.8) is 0 Å². The minimum atomic E-state index is -0.558. The van der Waals surface area contributed by atoms with E-state index in [0.717, 1.165) is 78.1 Å². The van der Waals surface area contributed by atoms with E-state index in [1.165, 1.54) is 22.3 Å². The first kappa shape index (κ1) is 26.5. The first-order valence-electron chi connectivity index (χ1n) is 16.6. The number of hydrogen-bond donors (Lipinski definition) is 0. The van der Waals surface area contributed by atoms with Gasteiger partial charge in [-0.15, -0.1) is 0 Å². The van der Waals surface area contributed by atoms with Gasteiger partial charge in [-0.05, 0) is 64.7 Å². The maximum absolute atomic E-state index is 6.80. The van der Waals surface area contributed by atoms with Crippen molar-refractivity contribution in [2.24, 2.45) is 0 Å². The van der Waals surface area contributed by atoms with E-state index in [-0.39, 0.29) is 0 Å². The summed E-state index contributed by atoms with van der Waals surface area (Å²) in [5.74, 6) is 1.75. The molecule has 3 heterocycles. The molecule has 0 atom stereocenters. The molecule has 1 aliphatic carbocycles. The molecule has 0 saturated heterocycles. The maximum Gasteiger partial charge on any atom is 0.136 e. The fourth-order valence-electron chi connectivity index (χ4n) is 8.35. The van der Waals surface area contributed by atoms with Crippen LogP contribution in [0.3, 0.4) is 0 Å². The van der Waals surface area contributed by atoms with Crippen molar-refractivity contribution in [3.05, 3.63) is 180 Å². The van der Waals surface area contributed by atoms with Gasteiger partial charge in [0, 0.05) is 33.0 Å². The molecule has 0 fully saturated rings. The first-order valence-corrected chi connectivity index (χ1v) is 16.6. The summed E-state index contributed by atoms with van der Waals surface area (Å²) < 4.78 is 13.3. The van der Waals surface area contributed by atoms with Crippen LogP contribution in [0.15, 0.2) is 162 Å². The van der Waals surface area contributed by atoms with Crippen LogP contribution >= 0.6 is 0 Å². The molecule has 0 radical (unpaired) electrons. The molecule has 0 unspecified atom stereocenters. The zero-order valence-corrected chi connectivity index (χ0v) is 26.2. The van der Waals surface area contributed by atoms with Gasteiger partial charge in [0.25, 0.3) is 0 Å². The fourth-order valence-corrected chi connectivity index (χ4v) is 8.35. The van der Waals surface area contributed by atoms with Gasteiger partial charge in [0.2, 0.25) is 0 Å². The third-order valence-electron chi connectivity index (χ3n) is 10.3. The van der Waals surface area contributed by atoms with Gasteiger partial charge in [0.05, 0.1) is 27.8 Å². The molecule has 1 spiro atoms. The van der Waals surface area contributed by atoms with E-state index in [0.29, 0.717) is 0 Å². The molecule has 228 valence electrons. The number of fused-ring (bicyclic) bond motifs is 13. The predicted octanol–water partition coefficient (Wildman–Crippen LogP) is 11.3. The van der Waals surface area contributed by atoms with Gasteiger partial charge >= 0.3 is 0 Å². The van der Waals surface area contributed by atoms with Crippen LogP contribution < -0.4 is 4.74 Å². The van der Waals surface area contributed by atoms with Crippen LogP contribution in [0.1, 0.15) is 22.3 Å². The largest absolute Gasteiger partial charge is 0.457 e. The normalized spacial score (nSPS) is 13.6. The lowest BCUT2D eigenvalue weighted by Gasteiger charge is -2.39. The van der Waals surface area contributed by atoms with Gasteiger partial charge in [-0.1, -0.05) is 115 Å². The van der Waals surface area contributed by atoms with E-state index in [9.17, 15) is 0 Å². The third-order valence-corrected chi connectivity index (χ3v) is 10.3. The van der Waals surface area contributed by atoms with E-state index in [4.69, 9.17) is 19.1 Å². The SMILES string of the molecule is c1ccc(-c2nc3ccccc3nc2-c2cccc3oc4cc5c(cc4c23)-c2ccccc2C52c3ccccc3Oc3ccccc32)cc1. The van der Waals surface area contributed by atoms with Crippen molar-refractivity contribution in [3.8, 4) is 45.1 Å². The second-order valence-corrected chi connectivity index (χ2v) is 12.8. The second kappa shape index (κ2) is 9.75. The number of ether oxygens (including phenoxy) is 1. The predicted molar refractivity (Wildman–Crippen MR) is 195 cm³/mol. The smallest absolute Gasteiger partial charge is 0.136 e. The number of rotatable bonds is 2. The first-order chi connectivity index (χ1) is 24.3. The molecule has 0 saturated carbocycles. The lowest BCUT2D eigenvalue weighted by atomic mass is 9.66. The molecule has 0 bridgehead atoms. The molecule has 0 N–H and O–H groups in total. The highest BCUT2D eigenvalue weighted by Crippen LogP contribution is 2.62. The molecule has 2 aromatic heterocycles. The van der Waals surface area contributed by atoms with Gasteiger partial charge in [0.1, 0.15) is 22.7 Å². The highest BCUT2D eigenvalue weighted by molar-refractivity contribution is 6.15. The summed E-state index contributed by atoms with van der Waals surface area (Å²) in [5, 5.41) is 2.09. The van der Waals surface area contributed by atoms with Crippen molar-refractivity contribution in [1.29, 1.82) is 0 Å². The Kier molecular flexibility index (Phi) is 5.28. The zero-order chi connectivity index (χ0) is 32.1. The molecule has 4 nitrogen and oxygen atoms in total. The number of hydrogen-bond acceptors (Lipinski definition) is 4. The standard InChI is InChI=1S/C45H26N2O2/c1-2-13-27(14-3-1)43-44(47-37-21-9-8-20-36(37)46-43)29-16-12-24-40-42(29)31-25-30-28-15-4-5-17-32(28)45(35(30)26-41(31)49-40)33-18-6-10-22-38(33)48-39-23-11-7-19-34(39)45/h1-26H. The Bertz CT molecular complexity index is 2770. The Morgan fingerprint density at radius 1 is 0.429 bits per heavy atom. The molecule has 11 rings (SSSR count). The molecule has 49 heavy (non-hydrogen) atoms. The van der Waals surface area contributed by atoms with Crippen LogP contribution in [-0.2, 0) is 5.41 Å². The summed E-state index contributed by atoms with van der Waals surface area (Å²) in [6.45, 7) is 0. The van der Waals surface area contributed by atoms with E-state index in [1.54, 1.807) is 0 Å². The number of furan rings is 1. The monoisotopic (exact) mass is 626 g/mol. The molecular formula is C45H26N2O2. The maximum atomic E-state index is 6.80. The molecule has 1 aliphatic heterocycles. The Morgan fingerprint density at radius 3 is 1.80 bits per heavy atom. The van der Waals surface area contributed by atoms with Crippen LogP contribution in [0.5, 0.6) is 11.5 Å². The topological polar surface area (TPSA) is 48.2 Å². The summed E-state index contributed by atoms with van der Waals surface area (Å²) in [7, 11) is 0. The summed E-state index contributed by atoms with van der Waals surface area (Å²) in [6, 6.07) is 55.0. The Hall–Kier alpha value is -6.52. The van der Waals surface area contributed by atoms with Gasteiger partial charge in [-0.2, -0.15) is 0 Å². The third kappa shape index (κ3) is 3.52. The lowest BCUT2D eigenvalue weighted by molar-refractivity contribution is 0.436. The molecule has 7 aromatic carbocycles. The number of nitrogens with zero attached hydrogens (tertiary/aromatic N) is 2. The van der Waals surface area contributed by atoms with Gasteiger partial charge in [-0.3, -0.25) is 0 Å². The quantitative estimate of drug-likeness (QED) is 0.192. The zero-order valence-electron chi connectivity index (χ0n) is 26.2. The average Bonchev–Trinajstić information content (AvgIpc) is 3.67. The van der Waals surface area contributed by atoms with E-state index in [2.05, 4.69) is 103 Å². The van der Waals surface area contributed by atoms with Crippen molar-refractivity contribution in [1.82, 2.24) is 9.97 Å². The summed E-state index contributed by atoms with van der Waals surface area (Å²) >= 11 is 0. The highest BCUT2D eigenvalue weighted by Gasteiger charge is 2.51. The van der Waals surface area contributed by atoms with Crippen LogP contribution in [-0.4, -0.2) is 9.97 Å². The summed E-state index contributed by atoms with van der Waals surface area (Å²) in [4.78, 5) is 10.4. The van der Waals surface area contributed by atoms with Crippen molar-refractivity contribution in [2.45, 2.75) is 5.41 Å². The van der Waals surface area contributed by atoms with Crippen molar-refractivity contribution < 1.29 is 9.15 Å². The number of para-hydroxylation sites is 4. The Labute approximate surface area is 281 Å². The second-order valence-electron chi connectivity index (χ2n) is 12.8. The number of aromatic nitrogens is 2. The molecule has 4 heteroatoms. The minimum absolute atomic E-state index is 0.558. The van der Waals surface area contributed by atoms with Gasteiger partial charge in [-0.25, -0.2) is 9.97 Å². The minimum Gasteiger partial charge on any atom is -0.457 e.